The molecule has 1 aliphatic heterocycles. The third-order valence-corrected chi connectivity index (χ3v) is 8.36. The number of aryl methyl sites for hydroxylation is 2. The predicted molar refractivity (Wildman–Crippen MR) is 140 cm³/mol. The van der Waals surface area contributed by atoms with Crippen LogP contribution in [0.4, 0.5) is 13.2 Å². The topological polar surface area (TPSA) is 25.2 Å². The number of nitrogens with zero attached hydrogens (tertiary/aromatic N) is 2. The van der Waals surface area contributed by atoms with Gasteiger partial charge >= 0.3 is 6.18 Å². The number of fused-ring (bicyclic) bond motifs is 1. The molecule has 0 unspecified atom stereocenters. The van der Waals surface area contributed by atoms with Crippen molar-refractivity contribution in [3.8, 4) is 0 Å². The van der Waals surface area contributed by atoms with Crippen molar-refractivity contribution in [3.63, 3.8) is 0 Å². The zero-order valence-electron chi connectivity index (χ0n) is 21.2. The normalized spacial score (nSPS) is 15.7. The van der Waals surface area contributed by atoms with Crippen LogP contribution in [0, 0.1) is 18.3 Å². The number of carbonyl (C=O) groups excluding carboxylic acids is 1. The molecule has 1 amide bonds. The average Bonchev–Trinajstić information content (AvgIpc) is 3.11. The van der Waals surface area contributed by atoms with Crippen LogP contribution >= 0.6 is 23.2 Å². The SMILES string of the molecule is Cc1cc(C(F)(F)F)cc2c1cc(Cc1c(Cl)ccc(C(=O)N3CCC(C(C)(C)C)CC3)c1Cl)n2C. The van der Waals surface area contributed by atoms with E-state index in [0.29, 0.717) is 51.3 Å². The lowest BCUT2D eigenvalue weighted by molar-refractivity contribution is -0.137. The van der Waals surface area contributed by atoms with Crippen molar-refractivity contribution in [3.05, 3.63) is 68.3 Å². The van der Waals surface area contributed by atoms with Crippen molar-refractivity contribution in [1.29, 1.82) is 0 Å². The fraction of sp³-hybridized carbons (Fsp3) is 0.464. The van der Waals surface area contributed by atoms with Gasteiger partial charge in [-0.3, -0.25) is 4.79 Å². The fourth-order valence-corrected chi connectivity index (χ4v) is 5.81. The Morgan fingerprint density at radius 3 is 2.28 bits per heavy atom. The molecule has 0 atom stereocenters. The molecule has 8 heteroatoms. The Labute approximate surface area is 220 Å². The summed E-state index contributed by atoms with van der Waals surface area (Å²) in [7, 11) is 1.73. The van der Waals surface area contributed by atoms with E-state index in [1.807, 2.05) is 11.0 Å². The van der Waals surface area contributed by atoms with E-state index in [0.717, 1.165) is 36.1 Å². The van der Waals surface area contributed by atoms with Gasteiger partial charge in [0.1, 0.15) is 0 Å². The fourth-order valence-electron chi connectivity index (χ4n) is 5.22. The van der Waals surface area contributed by atoms with Crippen molar-refractivity contribution >= 4 is 40.0 Å². The highest BCUT2D eigenvalue weighted by Crippen LogP contribution is 2.38. The van der Waals surface area contributed by atoms with Gasteiger partial charge in [-0.05, 0) is 72.6 Å². The zero-order valence-corrected chi connectivity index (χ0v) is 22.7. The van der Waals surface area contributed by atoms with Crippen molar-refractivity contribution in [2.75, 3.05) is 13.1 Å². The quantitative estimate of drug-likeness (QED) is 0.329. The van der Waals surface area contributed by atoms with Gasteiger partial charge in [-0.15, -0.1) is 0 Å². The van der Waals surface area contributed by atoms with Crippen LogP contribution in [0.25, 0.3) is 10.9 Å². The van der Waals surface area contributed by atoms with Crippen LogP contribution in [0.3, 0.4) is 0 Å². The predicted octanol–water partition coefficient (Wildman–Crippen LogP) is 8.30. The Bertz CT molecular complexity index is 1310. The molecular formula is C28H31Cl2F3N2O. The first-order valence-corrected chi connectivity index (χ1v) is 12.9. The number of halogens is 5. The molecule has 1 saturated heterocycles. The summed E-state index contributed by atoms with van der Waals surface area (Å²) >= 11 is 13.3. The van der Waals surface area contributed by atoms with E-state index in [1.54, 1.807) is 30.7 Å². The Morgan fingerprint density at radius 1 is 1.06 bits per heavy atom. The number of aromatic nitrogens is 1. The summed E-state index contributed by atoms with van der Waals surface area (Å²) in [6, 6.07) is 7.52. The molecule has 2 heterocycles. The third kappa shape index (κ3) is 5.12. The monoisotopic (exact) mass is 538 g/mol. The summed E-state index contributed by atoms with van der Waals surface area (Å²) in [4.78, 5) is 15.2. The Kier molecular flexibility index (Phi) is 7.17. The minimum Gasteiger partial charge on any atom is -0.347 e. The van der Waals surface area contributed by atoms with Gasteiger partial charge in [0.2, 0.25) is 0 Å². The van der Waals surface area contributed by atoms with Crippen molar-refractivity contribution < 1.29 is 18.0 Å². The maximum Gasteiger partial charge on any atom is 0.416 e. The molecule has 4 rings (SSSR count). The molecule has 3 aromatic rings. The molecule has 3 nitrogen and oxygen atoms in total. The summed E-state index contributed by atoms with van der Waals surface area (Å²) in [6.45, 7) is 9.73. The molecule has 0 aliphatic carbocycles. The van der Waals surface area contributed by atoms with E-state index in [2.05, 4.69) is 20.8 Å². The van der Waals surface area contributed by atoms with Gasteiger partial charge in [0, 0.05) is 48.2 Å². The van der Waals surface area contributed by atoms with Gasteiger partial charge < -0.3 is 9.47 Å². The van der Waals surface area contributed by atoms with Crippen molar-refractivity contribution in [1.82, 2.24) is 9.47 Å². The van der Waals surface area contributed by atoms with Crippen LogP contribution < -0.4 is 0 Å². The van der Waals surface area contributed by atoms with Crippen LogP contribution in [0.2, 0.25) is 10.0 Å². The minimum absolute atomic E-state index is 0.118. The molecule has 2 aromatic carbocycles. The molecule has 1 fully saturated rings. The highest BCUT2D eigenvalue weighted by atomic mass is 35.5. The first-order chi connectivity index (χ1) is 16.7. The number of rotatable bonds is 3. The van der Waals surface area contributed by atoms with Crippen LogP contribution in [-0.4, -0.2) is 28.5 Å². The molecule has 36 heavy (non-hydrogen) atoms. The standard InChI is InChI=1S/C28H31Cl2F3N2O/c1-16-12-18(28(31,32)33)13-24-21(16)14-19(34(24)5)15-22-23(29)7-6-20(25(22)30)26(36)35-10-8-17(9-11-35)27(2,3)4/h6-7,12-14,17H,8-11,15H2,1-5H3. The maximum absolute atomic E-state index is 13.4. The number of likely N-dealkylation sites (tertiary alicyclic amines) is 1. The van der Waals surface area contributed by atoms with Crippen LogP contribution in [0.1, 0.15) is 66.4 Å². The smallest absolute Gasteiger partial charge is 0.347 e. The molecule has 0 bridgehead atoms. The number of hydrogen-bond donors (Lipinski definition) is 0. The summed E-state index contributed by atoms with van der Waals surface area (Å²) in [6.07, 6.45) is -2.24. The second-order valence-electron chi connectivity index (χ2n) is 10.9. The van der Waals surface area contributed by atoms with Crippen LogP contribution in [0.15, 0.2) is 30.3 Å². The summed E-state index contributed by atoms with van der Waals surface area (Å²) in [5.41, 5.74) is 2.30. The lowest BCUT2D eigenvalue weighted by Crippen LogP contribution is -2.41. The number of alkyl halides is 3. The van der Waals surface area contributed by atoms with Crippen molar-refractivity contribution in [2.24, 2.45) is 18.4 Å². The molecule has 0 saturated carbocycles. The Hall–Kier alpha value is -2.18. The molecule has 0 spiro atoms. The zero-order chi connectivity index (χ0) is 26.6. The lowest BCUT2D eigenvalue weighted by Gasteiger charge is -2.39. The molecule has 1 aliphatic rings. The molecule has 0 radical (unpaired) electrons. The van der Waals surface area contributed by atoms with Gasteiger partial charge in [0.15, 0.2) is 0 Å². The second kappa shape index (κ2) is 9.60. The number of piperidine rings is 1. The highest BCUT2D eigenvalue weighted by Gasteiger charge is 2.33. The van der Waals surface area contributed by atoms with E-state index in [-0.39, 0.29) is 17.7 Å². The number of carbonyl (C=O) groups is 1. The molecular weight excluding hydrogens is 508 g/mol. The van der Waals surface area contributed by atoms with Crippen LogP contribution in [0.5, 0.6) is 0 Å². The molecule has 0 N–H and O–H groups in total. The van der Waals surface area contributed by atoms with Gasteiger partial charge in [-0.25, -0.2) is 0 Å². The first kappa shape index (κ1) is 26.9. The first-order valence-electron chi connectivity index (χ1n) is 12.1. The largest absolute Gasteiger partial charge is 0.416 e. The van der Waals surface area contributed by atoms with Gasteiger partial charge in [-0.1, -0.05) is 44.0 Å². The number of hydrogen-bond acceptors (Lipinski definition) is 1. The van der Waals surface area contributed by atoms with Crippen molar-refractivity contribution in [2.45, 2.75) is 53.1 Å². The second-order valence-corrected chi connectivity index (χ2v) is 11.7. The van der Waals surface area contributed by atoms with E-state index in [1.165, 1.54) is 0 Å². The summed E-state index contributed by atoms with van der Waals surface area (Å²) in [5.74, 6) is 0.443. The van der Waals surface area contributed by atoms with E-state index in [9.17, 15) is 18.0 Å². The van der Waals surface area contributed by atoms with E-state index >= 15 is 0 Å². The Balaban J connectivity index is 1.64. The molecule has 194 valence electrons. The van der Waals surface area contributed by atoms with E-state index in [4.69, 9.17) is 23.2 Å². The summed E-state index contributed by atoms with van der Waals surface area (Å²) in [5, 5.41) is 1.45. The van der Waals surface area contributed by atoms with Gasteiger partial charge in [-0.2, -0.15) is 13.2 Å². The maximum atomic E-state index is 13.4. The summed E-state index contributed by atoms with van der Waals surface area (Å²) < 4.78 is 41.8. The van der Waals surface area contributed by atoms with Gasteiger partial charge in [0.25, 0.3) is 5.91 Å². The highest BCUT2D eigenvalue weighted by molar-refractivity contribution is 6.38. The Morgan fingerprint density at radius 2 is 1.69 bits per heavy atom. The van der Waals surface area contributed by atoms with Crippen LogP contribution in [-0.2, 0) is 19.6 Å². The molecule has 1 aromatic heterocycles. The number of amides is 1. The van der Waals surface area contributed by atoms with E-state index < -0.39 is 11.7 Å². The lowest BCUT2D eigenvalue weighted by atomic mass is 9.75. The average molecular weight is 539 g/mol. The minimum atomic E-state index is -4.42. The van der Waals surface area contributed by atoms with Gasteiger partial charge in [0.05, 0.1) is 16.1 Å². The number of benzene rings is 2. The third-order valence-electron chi connectivity index (χ3n) is 7.58.